The second-order valence-electron chi connectivity index (χ2n) is 4.66. The van der Waals surface area contributed by atoms with Crippen LogP contribution in [-0.4, -0.2) is 11.6 Å². The van der Waals surface area contributed by atoms with Crippen LogP contribution in [0.4, 0.5) is 13.2 Å². The lowest BCUT2D eigenvalue weighted by Gasteiger charge is -2.19. The van der Waals surface area contributed by atoms with Crippen LogP contribution in [0.1, 0.15) is 42.6 Å². The first kappa shape index (κ1) is 14.6. The zero-order valence-corrected chi connectivity index (χ0v) is 10.2. The van der Waals surface area contributed by atoms with Crippen molar-refractivity contribution in [3.63, 3.8) is 0 Å². The normalized spacial score (nSPS) is 12.6. The first-order valence-corrected chi connectivity index (χ1v) is 5.18. The number of esters is 1. The van der Waals surface area contributed by atoms with Crippen LogP contribution >= 0.6 is 0 Å². The maximum absolute atomic E-state index is 12.6. The van der Waals surface area contributed by atoms with Crippen molar-refractivity contribution < 1.29 is 27.1 Å². The molecule has 0 aliphatic carbocycles. The van der Waals surface area contributed by atoms with Crippen LogP contribution in [-0.2, 0) is 17.5 Å². The van der Waals surface area contributed by atoms with Crippen molar-refractivity contribution in [2.75, 3.05) is 0 Å². The van der Waals surface area contributed by atoms with Crippen LogP contribution in [0.2, 0.25) is 0 Å². The van der Waals surface area contributed by atoms with Crippen LogP contribution in [0.5, 0.6) is 0 Å². The van der Waals surface area contributed by atoms with Crippen LogP contribution in [0.15, 0.2) is 10.5 Å². The van der Waals surface area contributed by atoms with Gasteiger partial charge in [-0.25, -0.2) is 4.79 Å². The standard InChI is InChI=1S/C11H14F3NO3/c1-10(2,3)18-9(16)7-4-6(5-15)17-8(7)11(12,13)14/h4H,5,15H2,1-3H3. The number of furan rings is 1. The lowest BCUT2D eigenvalue weighted by Crippen LogP contribution is -2.25. The van der Waals surface area contributed by atoms with Crippen LogP contribution < -0.4 is 5.73 Å². The highest BCUT2D eigenvalue weighted by molar-refractivity contribution is 5.91. The van der Waals surface area contributed by atoms with E-state index in [1.165, 1.54) is 0 Å². The van der Waals surface area contributed by atoms with Gasteiger partial charge >= 0.3 is 12.1 Å². The largest absolute Gasteiger partial charge is 0.456 e. The van der Waals surface area contributed by atoms with Gasteiger partial charge in [0.2, 0.25) is 5.76 Å². The number of carbonyl (C=O) groups excluding carboxylic acids is 1. The predicted molar refractivity (Wildman–Crippen MR) is 56.8 cm³/mol. The second-order valence-corrected chi connectivity index (χ2v) is 4.66. The molecule has 0 bridgehead atoms. The summed E-state index contributed by atoms with van der Waals surface area (Å²) < 4.78 is 47.3. The summed E-state index contributed by atoms with van der Waals surface area (Å²) in [6.45, 7) is 4.44. The first-order chi connectivity index (χ1) is 8.04. The van der Waals surface area contributed by atoms with Gasteiger partial charge in [-0.05, 0) is 26.8 Å². The van der Waals surface area contributed by atoms with E-state index < -0.39 is 29.1 Å². The number of halogens is 3. The molecule has 102 valence electrons. The van der Waals surface area contributed by atoms with E-state index in [4.69, 9.17) is 10.5 Å². The summed E-state index contributed by atoms with van der Waals surface area (Å²) in [5.41, 5.74) is 3.65. The molecule has 7 heteroatoms. The number of alkyl halides is 3. The molecule has 0 saturated heterocycles. The highest BCUT2D eigenvalue weighted by Crippen LogP contribution is 2.34. The summed E-state index contributed by atoms with van der Waals surface area (Å²) in [5, 5.41) is 0. The minimum atomic E-state index is -4.76. The SMILES string of the molecule is CC(C)(C)OC(=O)c1cc(CN)oc1C(F)(F)F. The van der Waals surface area contributed by atoms with E-state index in [0.717, 1.165) is 6.07 Å². The average Bonchev–Trinajstić information content (AvgIpc) is 2.57. The fraction of sp³-hybridized carbons (Fsp3) is 0.545. The number of hydrogen-bond donors (Lipinski definition) is 1. The molecule has 0 amide bonds. The number of ether oxygens (including phenoxy) is 1. The lowest BCUT2D eigenvalue weighted by atomic mass is 10.1. The third-order valence-corrected chi connectivity index (χ3v) is 1.86. The Bertz CT molecular complexity index is 443. The molecule has 0 unspecified atom stereocenters. The van der Waals surface area contributed by atoms with Gasteiger partial charge in [-0.3, -0.25) is 0 Å². The number of nitrogens with two attached hydrogens (primary N) is 1. The minimum Gasteiger partial charge on any atom is -0.456 e. The van der Waals surface area contributed by atoms with Gasteiger partial charge in [0.05, 0.1) is 6.54 Å². The average molecular weight is 265 g/mol. The Labute approximate surface area is 102 Å². The van der Waals surface area contributed by atoms with Crippen molar-refractivity contribution in [2.24, 2.45) is 5.73 Å². The molecule has 1 aromatic rings. The molecule has 1 aromatic heterocycles. The van der Waals surface area contributed by atoms with Gasteiger partial charge in [0.1, 0.15) is 16.9 Å². The molecule has 0 saturated carbocycles. The van der Waals surface area contributed by atoms with Gasteiger partial charge in [0, 0.05) is 0 Å². The van der Waals surface area contributed by atoms with Crippen molar-refractivity contribution in [2.45, 2.75) is 39.1 Å². The third-order valence-electron chi connectivity index (χ3n) is 1.86. The van der Waals surface area contributed by atoms with Crippen LogP contribution in [0, 0.1) is 0 Å². The fourth-order valence-electron chi connectivity index (χ4n) is 1.24. The van der Waals surface area contributed by atoms with E-state index in [9.17, 15) is 18.0 Å². The molecule has 0 aromatic carbocycles. The zero-order valence-electron chi connectivity index (χ0n) is 10.2. The predicted octanol–water partition coefficient (Wildman–Crippen LogP) is 2.71. The van der Waals surface area contributed by atoms with Gasteiger partial charge in [-0.15, -0.1) is 0 Å². The monoisotopic (exact) mass is 265 g/mol. The van der Waals surface area contributed by atoms with Crippen molar-refractivity contribution in [3.05, 3.63) is 23.2 Å². The van der Waals surface area contributed by atoms with E-state index in [1.54, 1.807) is 20.8 Å². The minimum absolute atomic E-state index is 0.122. The van der Waals surface area contributed by atoms with Gasteiger partial charge in [-0.2, -0.15) is 13.2 Å². The Morgan fingerprint density at radius 3 is 2.33 bits per heavy atom. The third kappa shape index (κ3) is 3.49. The quantitative estimate of drug-likeness (QED) is 0.835. The van der Waals surface area contributed by atoms with E-state index in [-0.39, 0.29) is 12.3 Å². The van der Waals surface area contributed by atoms with Crippen molar-refractivity contribution in [1.82, 2.24) is 0 Å². The zero-order chi connectivity index (χ0) is 14.1. The summed E-state index contributed by atoms with van der Waals surface area (Å²) in [4.78, 5) is 11.6. The first-order valence-electron chi connectivity index (χ1n) is 5.18. The summed E-state index contributed by atoms with van der Waals surface area (Å²) in [5.74, 6) is -2.58. The van der Waals surface area contributed by atoms with Crippen molar-refractivity contribution in [1.29, 1.82) is 0 Å². The maximum Gasteiger partial charge on any atom is 0.450 e. The molecule has 0 spiro atoms. The molecule has 0 aliphatic rings. The van der Waals surface area contributed by atoms with Gasteiger partial charge in [0.25, 0.3) is 0 Å². The molecule has 18 heavy (non-hydrogen) atoms. The molecule has 0 radical (unpaired) electrons. The number of rotatable bonds is 2. The van der Waals surface area contributed by atoms with E-state index in [0.29, 0.717) is 0 Å². The number of carbonyl (C=O) groups is 1. The van der Waals surface area contributed by atoms with E-state index in [1.807, 2.05) is 0 Å². The highest BCUT2D eigenvalue weighted by Gasteiger charge is 2.41. The van der Waals surface area contributed by atoms with Crippen molar-refractivity contribution in [3.8, 4) is 0 Å². The van der Waals surface area contributed by atoms with E-state index >= 15 is 0 Å². The summed E-state index contributed by atoms with van der Waals surface area (Å²) in [6.07, 6.45) is -4.76. The molecule has 2 N–H and O–H groups in total. The molecular formula is C11H14F3NO3. The second kappa shape index (κ2) is 4.64. The Balaban J connectivity index is 3.15. The molecule has 0 atom stereocenters. The smallest absolute Gasteiger partial charge is 0.450 e. The Morgan fingerprint density at radius 2 is 1.94 bits per heavy atom. The molecule has 0 fully saturated rings. The Morgan fingerprint density at radius 1 is 1.39 bits per heavy atom. The number of hydrogen-bond acceptors (Lipinski definition) is 4. The van der Waals surface area contributed by atoms with Crippen LogP contribution in [0.3, 0.4) is 0 Å². The molecule has 1 heterocycles. The van der Waals surface area contributed by atoms with Gasteiger partial charge in [-0.1, -0.05) is 0 Å². The molecule has 1 rings (SSSR count). The van der Waals surface area contributed by atoms with Crippen LogP contribution in [0.25, 0.3) is 0 Å². The summed E-state index contributed by atoms with van der Waals surface area (Å²) in [6, 6.07) is 0.955. The van der Waals surface area contributed by atoms with Gasteiger partial charge < -0.3 is 14.9 Å². The highest BCUT2D eigenvalue weighted by atomic mass is 19.4. The topological polar surface area (TPSA) is 65.5 Å². The molecule has 0 aliphatic heterocycles. The molecular weight excluding hydrogens is 251 g/mol. The van der Waals surface area contributed by atoms with Crippen molar-refractivity contribution >= 4 is 5.97 Å². The maximum atomic E-state index is 12.6. The fourth-order valence-corrected chi connectivity index (χ4v) is 1.24. The van der Waals surface area contributed by atoms with Gasteiger partial charge in [0.15, 0.2) is 0 Å². The molecule has 4 nitrogen and oxygen atoms in total. The Hall–Kier alpha value is -1.50. The lowest BCUT2D eigenvalue weighted by molar-refractivity contribution is -0.154. The summed E-state index contributed by atoms with van der Waals surface area (Å²) >= 11 is 0. The summed E-state index contributed by atoms with van der Waals surface area (Å²) in [7, 11) is 0. The Kier molecular flexibility index (Phi) is 3.75. The van der Waals surface area contributed by atoms with E-state index in [2.05, 4.69) is 4.42 Å².